The molecule has 1 saturated heterocycles. The van der Waals surface area contributed by atoms with Gasteiger partial charge in [-0.1, -0.05) is 12.1 Å². The van der Waals surface area contributed by atoms with E-state index >= 15 is 0 Å². The van der Waals surface area contributed by atoms with Gasteiger partial charge < -0.3 is 5.32 Å². The summed E-state index contributed by atoms with van der Waals surface area (Å²) in [6, 6.07) is 8.00. The molecule has 1 fully saturated rings. The van der Waals surface area contributed by atoms with Crippen molar-refractivity contribution in [2.75, 3.05) is 0 Å². The van der Waals surface area contributed by atoms with Gasteiger partial charge in [0.05, 0.1) is 6.04 Å². The number of halogens is 1. The van der Waals surface area contributed by atoms with Crippen LogP contribution in [0.2, 0.25) is 0 Å². The van der Waals surface area contributed by atoms with E-state index in [4.69, 9.17) is 0 Å². The van der Waals surface area contributed by atoms with Crippen LogP contribution < -0.4 is 10.6 Å². The molecule has 3 nitrogen and oxygen atoms in total. The smallest absolute Gasteiger partial charge is 0.238 e. The van der Waals surface area contributed by atoms with Crippen molar-refractivity contribution >= 4 is 28.5 Å². The van der Waals surface area contributed by atoms with Crippen LogP contribution in [0.4, 0.5) is 0 Å². The Morgan fingerprint density at radius 2 is 2.21 bits per heavy atom. The van der Waals surface area contributed by atoms with Crippen LogP contribution in [-0.4, -0.2) is 11.9 Å². The minimum absolute atomic E-state index is 0.0350. The summed E-state index contributed by atoms with van der Waals surface area (Å²) in [5.74, 6) is 0.0638. The fraction of sp³-hybridized carbons (Fsp3) is 0.300. The molecule has 0 aromatic heterocycles. The van der Waals surface area contributed by atoms with E-state index in [9.17, 15) is 4.79 Å². The lowest BCUT2D eigenvalue weighted by Crippen LogP contribution is -2.24. The molecule has 0 aliphatic carbocycles. The predicted molar refractivity (Wildman–Crippen MR) is 62.6 cm³/mol. The number of amides is 1. The molecule has 0 bridgehead atoms. The largest absolute Gasteiger partial charge is 0.335 e. The molecule has 1 heterocycles. The molecule has 2 rings (SSSR count). The summed E-state index contributed by atoms with van der Waals surface area (Å²) >= 11 is 2.26. The van der Waals surface area contributed by atoms with Gasteiger partial charge in [-0.05, 0) is 47.2 Å². The number of nitrogens with one attached hydrogen (secondary N) is 2. The van der Waals surface area contributed by atoms with E-state index in [2.05, 4.69) is 39.3 Å². The van der Waals surface area contributed by atoms with Crippen molar-refractivity contribution in [1.82, 2.24) is 10.6 Å². The topological polar surface area (TPSA) is 41.1 Å². The van der Waals surface area contributed by atoms with Gasteiger partial charge in [-0.15, -0.1) is 0 Å². The number of rotatable bonds is 1. The van der Waals surface area contributed by atoms with Crippen molar-refractivity contribution in [3.05, 3.63) is 33.4 Å². The van der Waals surface area contributed by atoms with Crippen LogP contribution in [0.15, 0.2) is 24.3 Å². The second-order valence-corrected chi connectivity index (χ2v) is 4.63. The van der Waals surface area contributed by atoms with E-state index in [1.807, 2.05) is 25.1 Å². The molecule has 0 spiro atoms. The highest BCUT2D eigenvalue weighted by molar-refractivity contribution is 14.1. The summed E-state index contributed by atoms with van der Waals surface area (Å²) in [5.41, 5.74) is 1.11. The van der Waals surface area contributed by atoms with Gasteiger partial charge in [0.25, 0.3) is 0 Å². The minimum atomic E-state index is -0.0992. The summed E-state index contributed by atoms with van der Waals surface area (Å²) in [7, 11) is 0. The van der Waals surface area contributed by atoms with Gasteiger partial charge >= 0.3 is 0 Å². The maximum absolute atomic E-state index is 11.3. The van der Waals surface area contributed by atoms with Crippen LogP contribution >= 0.6 is 22.6 Å². The number of hydrogen-bond acceptors (Lipinski definition) is 2. The van der Waals surface area contributed by atoms with Crippen molar-refractivity contribution in [3.8, 4) is 0 Å². The zero-order valence-corrected chi connectivity index (χ0v) is 9.91. The van der Waals surface area contributed by atoms with Crippen LogP contribution in [0.1, 0.15) is 18.7 Å². The van der Waals surface area contributed by atoms with Crippen molar-refractivity contribution < 1.29 is 4.79 Å². The number of benzene rings is 1. The molecule has 14 heavy (non-hydrogen) atoms. The summed E-state index contributed by atoms with van der Waals surface area (Å²) in [4.78, 5) is 11.3. The zero-order valence-electron chi connectivity index (χ0n) is 7.75. The fourth-order valence-electron chi connectivity index (χ4n) is 1.50. The second kappa shape index (κ2) is 3.86. The third kappa shape index (κ3) is 1.90. The Morgan fingerprint density at radius 1 is 1.43 bits per heavy atom. The molecule has 2 unspecified atom stereocenters. The lowest BCUT2D eigenvalue weighted by Gasteiger charge is -2.11. The monoisotopic (exact) mass is 302 g/mol. The SMILES string of the molecule is CC1NC(c2cccc(I)c2)NC1=O. The average Bonchev–Trinajstić information content (AvgIpc) is 2.47. The van der Waals surface area contributed by atoms with Gasteiger partial charge in [-0.25, -0.2) is 0 Å². The molecule has 1 aromatic rings. The Labute approximate surface area is 96.4 Å². The van der Waals surface area contributed by atoms with Gasteiger partial charge in [0.1, 0.15) is 6.17 Å². The first-order chi connectivity index (χ1) is 6.66. The highest BCUT2D eigenvalue weighted by atomic mass is 127. The summed E-state index contributed by atoms with van der Waals surface area (Å²) in [6.45, 7) is 1.86. The van der Waals surface area contributed by atoms with Crippen LogP contribution in [0.5, 0.6) is 0 Å². The van der Waals surface area contributed by atoms with Gasteiger partial charge in [-0.2, -0.15) is 0 Å². The molecule has 1 aromatic carbocycles. The van der Waals surface area contributed by atoms with Crippen molar-refractivity contribution in [3.63, 3.8) is 0 Å². The van der Waals surface area contributed by atoms with Gasteiger partial charge in [-0.3, -0.25) is 10.1 Å². The lowest BCUT2D eigenvalue weighted by atomic mass is 10.2. The Morgan fingerprint density at radius 3 is 2.79 bits per heavy atom. The summed E-state index contributed by atoms with van der Waals surface area (Å²) < 4.78 is 1.18. The molecule has 4 heteroatoms. The van der Waals surface area contributed by atoms with E-state index < -0.39 is 0 Å². The van der Waals surface area contributed by atoms with E-state index in [1.165, 1.54) is 3.57 Å². The second-order valence-electron chi connectivity index (χ2n) is 3.38. The summed E-state index contributed by atoms with van der Waals surface area (Å²) in [5, 5.41) is 6.08. The predicted octanol–water partition coefficient (Wildman–Crippen LogP) is 1.40. The maximum Gasteiger partial charge on any atom is 0.238 e. The molecule has 2 N–H and O–H groups in total. The van der Waals surface area contributed by atoms with Gasteiger partial charge in [0, 0.05) is 3.57 Å². The molecule has 1 aliphatic rings. The molecular weight excluding hydrogens is 291 g/mol. The third-order valence-electron chi connectivity index (χ3n) is 2.28. The van der Waals surface area contributed by atoms with Crippen molar-refractivity contribution in [1.29, 1.82) is 0 Å². The molecule has 2 atom stereocenters. The van der Waals surface area contributed by atoms with Crippen molar-refractivity contribution in [2.24, 2.45) is 0 Å². The Kier molecular flexibility index (Phi) is 2.73. The first kappa shape index (κ1) is 9.92. The Bertz CT molecular complexity index is 367. The maximum atomic E-state index is 11.3. The molecule has 0 saturated carbocycles. The number of carbonyl (C=O) groups excluding carboxylic acids is 1. The lowest BCUT2D eigenvalue weighted by molar-refractivity contribution is -0.120. The fourth-order valence-corrected chi connectivity index (χ4v) is 2.07. The summed E-state index contributed by atoms with van der Waals surface area (Å²) in [6.07, 6.45) is -0.0350. The van der Waals surface area contributed by atoms with Crippen LogP contribution in [-0.2, 0) is 4.79 Å². The van der Waals surface area contributed by atoms with Gasteiger partial charge in [0.2, 0.25) is 5.91 Å². The minimum Gasteiger partial charge on any atom is -0.335 e. The van der Waals surface area contributed by atoms with E-state index in [0.717, 1.165) is 5.56 Å². The highest BCUT2D eigenvalue weighted by Crippen LogP contribution is 2.17. The molecule has 74 valence electrons. The Balaban J connectivity index is 2.21. The Hall–Kier alpha value is -0.620. The first-order valence-corrected chi connectivity index (χ1v) is 5.56. The van der Waals surface area contributed by atoms with E-state index in [-0.39, 0.29) is 18.1 Å². The molecule has 0 radical (unpaired) electrons. The highest BCUT2D eigenvalue weighted by Gasteiger charge is 2.28. The average molecular weight is 302 g/mol. The molecular formula is C10H11IN2O. The van der Waals surface area contributed by atoms with E-state index in [0.29, 0.717) is 0 Å². The van der Waals surface area contributed by atoms with Crippen molar-refractivity contribution in [2.45, 2.75) is 19.1 Å². The van der Waals surface area contributed by atoms with E-state index in [1.54, 1.807) is 0 Å². The third-order valence-corrected chi connectivity index (χ3v) is 2.95. The first-order valence-electron chi connectivity index (χ1n) is 4.49. The standard InChI is InChI=1S/C10H11IN2O/c1-6-10(14)13-9(12-6)7-3-2-4-8(11)5-7/h2-6,9,12H,1H3,(H,13,14). The van der Waals surface area contributed by atoms with Crippen LogP contribution in [0, 0.1) is 3.57 Å². The molecule has 1 aliphatic heterocycles. The van der Waals surface area contributed by atoms with Gasteiger partial charge in [0.15, 0.2) is 0 Å². The zero-order chi connectivity index (χ0) is 10.1. The molecule has 1 amide bonds. The quantitative estimate of drug-likeness (QED) is 0.770. The normalized spacial score (nSPS) is 26.3. The number of carbonyl (C=O) groups is 1. The number of hydrogen-bond donors (Lipinski definition) is 2. The van der Waals surface area contributed by atoms with Crippen LogP contribution in [0.25, 0.3) is 0 Å². The van der Waals surface area contributed by atoms with Crippen LogP contribution in [0.3, 0.4) is 0 Å².